The highest BCUT2D eigenvalue weighted by atomic mass is 79.9. The van der Waals surface area contributed by atoms with E-state index in [1.807, 2.05) is 0 Å². The molecule has 0 unspecified atom stereocenters. The van der Waals surface area contributed by atoms with Crippen LogP contribution in [-0.2, 0) is 14.8 Å². The summed E-state index contributed by atoms with van der Waals surface area (Å²) in [6.07, 6.45) is 0. The molecule has 3 rings (SSSR count). The van der Waals surface area contributed by atoms with Crippen molar-refractivity contribution in [2.24, 2.45) is 0 Å². The maximum absolute atomic E-state index is 13.3. The van der Waals surface area contributed by atoms with Gasteiger partial charge in [-0.05, 0) is 54.9 Å². The van der Waals surface area contributed by atoms with Crippen LogP contribution in [0.3, 0.4) is 0 Å². The van der Waals surface area contributed by atoms with Gasteiger partial charge in [-0.15, -0.1) is 0 Å². The van der Waals surface area contributed by atoms with Crippen LogP contribution in [0.4, 0.5) is 0 Å². The van der Waals surface area contributed by atoms with Gasteiger partial charge >= 0.3 is 5.97 Å². The number of carbonyl (C=O) groups is 1. The maximum Gasteiger partial charge on any atom is 0.357 e. The molecule has 7 heteroatoms. The molecule has 0 spiro atoms. The highest BCUT2D eigenvalue weighted by Gasteiger charge is 2.32. The minimum Gasteiger partial charge on any atom is -0.455 e. The lowest BCUT2D eigenvalue weighted by molar-refractivity contribution is 0.00609. The summed E-state index contributed by atoms with van der Waals surface area (Å²) in [4.78, 5) is 12.9. The average Bonchev–Trinajstić information content (AvgIpc) is 2.88. The molecule has 3 aromatic rings. The van der Waals surface area contributed by atoms with E-state index in [-0.39, 0.29) is 10.6 Å². The SMILES string of the molecule is CC(C)(C)OC(=O)c1c(Br)c2ccccc2n1S(=O)(=O)c1ccccc1. The van der Waals surface area contributed by atoms with Crippen molar-refractivity contribution < 1.29 is 17.9 Å². The molecule has 2 aromatic carbocycles. The standard InChI is InChI=1S/C19H18BrNO4S/c1-19(2,3)25-18(22)17-16(20)14-11-7-8-12-15(14)21(17)26(23,24)13-9-5-4-6-10-13/h4-12H,1-3H3. The van der Waals surface area contributed by atoms with Crippen LogP contribution in [0.1, 0.15) is 31.3 Å². The molecule has 1 aromatic heterocycles. The van der Waals surface area contributed by atoms with Gasteiger partial charge in [0.2, 0.25) is 0 Å². The lowest BCUT2D eigenvalue weighted by Crippen LogP contribution is -2.27. The Labute approximate surface area is 160 Å². The van der Waals surface area contributed by atoms with Gasteiger partial charge in [0.15, 0.2) is 5.69 Å². The van der Waals surface area contributed by atoms with Crippen LogP contribution >= 0.6 is 15.9 Å². The van der Waals surface area contributed by atoms with E-state index in [1.54, 1.807) is 63.2 Å². The number of carbonyl (C=O) groups excluding carboxylic acids is 1. The third kappa shape index (κ3) is 3.29. The second-order valence-corrected chi connectivity index (χ2v) is 9.34. The summed E-state index contributed by atoms with van der Waals surface area (Å²) in [5.74, 6) is -0.708. The van der Waals surface area contributed by atoms with Crippen molar-refractivity contribution in [1.29, 1.82) is 0 Å². The fraction of sp³-hybridized carbons (Fsp3) is 0.211. The topological polar surface area (TPSA) is 65.4 Å². The number of fused-ring (bicyclic) bond motifs is 1. The molecule has 5 nitrogen and oxygen atoms in total. The Morgan fingerprint density at radius 3 is 2.19 bits per heavy atom. The van der Waals surface area contributed by atoms with Crippen LogP contribution < -0.4 is 0 Å². The van der Waals surface area contributed by atoms with Crippen molar-refractivity contribution in [3.63, 3.8) is 0 Å². The van der Waals surface area contributed by atoms with Gasteiger partial charge < -0.3 is 4.74 Å². The Morgan fingerprint density at radius 1 is 1.00 bits per heavy atom. The predicted octanol–water partition coefficient (Wildman–Crippen LogP) is 4.60. The van der Waals surface area contributed by atoms with Gasteiger partial charge in [0, 0.05) is 5.39 Å². The fourth-order valence-electron chi connectivity index (χ4n) is 2.62. The van der Waals surface area contributed by atoms with Gasteiger partial charge in [0.05, 0.1) is 14.9 Å². The van der Waals surface area contributed by atoms with Gasteiger partial charge in [-0.2, -0.15) is 0 Å². The Bertz CT molecular complexity index is 1080. The Kier molecular flexibility index (Phi) is 4.71. The zero-order valence-corrected chi connectivity index (χ0v) is 17.0. The van der Waals surface area contributed by atoms with E-state index in [9.17, 15) is 13.2 Å². The van der Waals surface area contributed by atoms with Crippen molar-refractivity contribution in [3.05, 3.63) is 64.8 Å². The quantitative estimate of drug-likeness (QED) is 0.563. The molecule has 0 fully saturated rings. The molecule has 0 saturated carbocycles. The van der Waals surface area contributed by atoms with Crippen LogP contribution in [0, 0.1) is 0 Å². The van der Waals surface area contributed by atoms with E-state index in [1.165, 1.54) is 12.1 Å². The normalized spacial score (nSPS) is 12.3. The fourth-order valence-corrected chi connectivity index (χ4v) is 4.95. The van der Waals surface area contributed by atoms with E-state index >= 15 is 0 Å². The van der Waals surface area contributed by atoms with E-state index in [0.29, 0.717) is 15.4 Å². The maximum atomic E-state index is 13.3. The molecule has 0 aliphatic heterocycles. The lowest BCUT2D eigenvalue weighted by Gasteiger charge is -2.20. The molecule has 0 radical (unpaired) electrons. The van der Waals surface area contributed by atoms with Crippen LogP contribution in [0.5, 0.6) is 0 Å². The van der Waals surface area contributed by atoms with E-state index in [0.717, 1.165) is 3.97 Å². The van der Waals surface area contributed by atoms with Crippen molar-refractivity contribution in [2.45, 2.75) is 31.3 Å². The molecule has 136 valence electrons. The zero-order chi connectivity index (χ0) is 19.1. The summed E-state index contributed by atoms with van der Waals surface area (Å²) in [7, 11) is -3.99. The third-order valence-electron chi connectivity index (χ3n) is 3.64. The molecule has 1 heterocycles. The number of benzene rings is 2. The van der Waals surface area contributed by atoms with Crippen LogP contribution in [0.15, 0.2) is 64.0 Å². The first-order valence-electron chi connectivity index (χ1n) is 7.96. The number of aromatic nitrogens is 1. The minimum atomic E-state index is -3.99. The summed E-state index contributed by atoms with van der Waals surface area (Å²) in [6, 6.07) is 14.9. The molecule has 0 atom stereocenters. The molecule has 0 saturated heterocycles. The van der Waals surface area contributed by atoms with Crippen molar-refractivity contribution in [1.82, 2.24) is 3.97 Å². The number of para-hydroxylation sites is 1. The smallest absolute Gasteiger partial charge is 0.357 e. The third-order valence-corrected chi connectivity index (χ3v) is 6.17. The zero-order valence-electron chi connectivity index (χ0n) is 14.6. The molecule has 0 amide bonds. The number of hydrogen-bond acceptors (Lipinski definition) is 4. The van der Waals surface area contributed by atoms with E-state index < -0.39 is 21.6 Å². The summed E-state index contributed by atoms with van der Waals surface area (Å²) in [5, 5.41) is 0.618. The first-order chi connectivity index (χ1) is 12.1. The van der Waals surface area contributed by atoms with Crippen LogP contribution in [-0.4, -0.2) is 24.0 Å². The molecular weight excluding hydrogens is 418 g/mol. The highest BCUT2D eigenvalue weighted by Crippen LogP contribution is 2.35. The van der Waals surface area contributed by atoms with Crippen molar-refractivity contribution >= 4 is 42.8 Å². The lowest BCUT2D eigenvalue weighted by atomic mass is 10.2. The number of ether oxygens (including phenoxy) is 1. The average molecular weight is 436 g/mol. The van der Waals surface area contributed by atoms with E-state index in [4.69, 9.17) is 4.74 Å². The summed E-state index contributed by atoms with van der Waals surface area (Å²) in [5.41, 5.74) is -0.400. The molecule has 0 aliphatic carbocycles. The highest BCUT2D eigenvalue weighted by molar-refractivity contribution is 9.10. The number of hydrogen-bond donors (Lipinski definition) is 0. The molecule has 0 aliphatic rings. The van der Waals surface area contributed by atoms with Crippen molar-refractivity contribution in [3.8, 4) is 0 Å². The number of halogens is 1. The monoisotopic (exact) mass is 435 g/mol. The van der Waals surface area contributed by atoms with Crippen LogP contribution in [0.25, 0.3) is 10.9 Å². The number of esters is 1. The largest absolute Gasteiger partial charge is 0.455 e. The summed E-state index contributed by atoms with van der Waals surface area (Å²) < 4.78 is 33.5. The summed E-state index contributed by atoms with van der Waals surface area (Å²) >= 11 is 3.39. The van der Waals surface area contributed by atoms with Gasteiger partial charge in [-0.1, -0.05) is 36.4 Å². The van der Waals surface area contributed by atoms with Gasteiger partial charge in [-0.25, -0.2) is 17.2 Å². The van der Waals surface area contributed by atoms with E-state index in [2.05, 4.69) is 15.9 Å². The first kappa shape index (κ1) is 18.7. The molecule has 0 bridgehead atoms. The molecule has 0 N–H and O–H groups in total. The molecular formula is C19H18BrNO4S. The Hall–Kier alpha value is -2.12. The second kappa shape index (κ2) is 6.55. The van der Waals surface area contributed by atoms with Gasteiger partial charge in [0.25, 0.3) is 10.0 Å². The predicted molar refractivity (Wildman–Crippen MR) is 104 cm³/mol. The minimum absolute atomic E-state index is 0.0509. The van der Waals surface area contributed by atoms with Crippen molar-refractivity contribution in [2.75, 3.05) is 0 Å². The van der Waals surface area contributed by atoms with Gasteiger partial charge in [0.1, 0.15) is 5.60 Å². The molecule has 26 heavy (non-hydrogen) atoms. The first-order valence-corrected chi connectivity index (χ1v) is 10.2. The Balaban J connectivity index is 2.34. The number of nitrogens with zero attached hydrogens (tertiary/aromatic N) is 1. The second-order valence-electron chi connectivity index (χ2n) is 6.76. The van der Waals surface area contributed by atoms with Gasteiger partial charge in [-0.3, -0.25) is 0 Å². The Morgan fingerprint density at radius 2 is 1.58 bits per heavy atom. The van der Waals surface area contributed by atoms with Crippen LogP contribution in [0.2, 0.25) is 0 Å². The number of rotatable bonds is 3. The summed E-state index contributed by atoms with van der Waals surface area (Å²) in [6.45, 7) is 5.20.